The predicted molar refractivity (Wildman–Crippen MR) is 76.9 cm³/mol. The zero-order chi connectivity index (χ0) is 12.8. The summed E-state index contributed by atoms with van der Waals surface area (Å²) in [4.78, 5) is 0. The van der Waals surface area contributed by atoms with Crippen molar-refractivity contribution in [1.29, 1.82) is 0 Å². The Bertz CT molecular complexity index is 243. The van der Waals surface area contributed by atoms with Crippen LogP contribution in [0.2, 0.25) is 0 Å². The van der Waals surface area contributed by atoms with Crippen molar-refractivity contribution in [2.75, 3.05) is 13.2 Å². The number of ether oxygens (including phenoxy) is 1. The van der Waals surface area contributed by atoms with Crippen LogP contribution < -0.4 is 5.32 Å². The number of morpholine rings is 1. The standard InChI is InChI=1S/C16H31NO/c1-3-4-5-8-15-16(18-13-12-17-15)10-6-7-14(2)9-11-16/h14-15,17H,3-13H2,1-2H3. The molecule has 2 heteroatoms. The molecule has 0 aromatic carbocycles. The molecule has 3 atom stereocenters. The molecule has 1 heterocycles. The van der Waals surface area contributed by atoms with Crippen LogP contribution >= 0.6 is 0 Å². The summed E-state index contributed by atoms with van der Waals surface area (Å²) in [6, 6.07) is 0.614. The minimum atomic E-state index is 0.177. The van der Waals surface area contributed by atoms with Crippen LogP contribution in [0.3, 0.4) is 0 Å². The molecular weight excluding hydrogens is 222 g/mol. The van der Waals surface area contributed by atoms with Gasteiger partial charge in [-0.1, -0.05) is 46.0 Å². The molecule has 1 spiro atoms. The Kier molecular flexibility index (Phi) is 5.50. The van der Waals surface area contributed by atoms with Crippen molar-refractivity contribution in [3.05, 3.63) is 0 Å². The van der Waals surface area contributed by atoms with Crippen molar-refractivity contribution in [2.24, 2.45) is 5.92 Å². The minimum Gasteiger partial charge on any atom is -0.372 e. The van der Waals surface area contributed by atoms with Gasteiger partial charge in [0.1, 0.15) is 0 Å². The molecular formula is C16H31NO. The van der Waals surface area contributed by atoms with Crippen molar-refractivity contribution in [3.63, 3.8) is 0 Å². The van der Waals surface area contributed by atoms with Crippen molar-refractivity contribution in [2.45, 2.75) is 83.3 Å². The first-order chi connectivity index (χ1) is 8.77. The van der Waals surface area contributed by atoms with Crippen molar-refractivity contribution in [1.82, 2.24) is 5.32 Å². The maximum absolute atomic E-state index is 6.32. The first-order valence-electron chi connectivity index (χ1n) is 8.14. The molecule has 2 nitrogen and oxygen atoms in total. The fraction of sp³-hybridized carbons (Fsp3) is 1.00. The highest BCUT2D eigenvalue weighted by molar-refractivity contribution is 4.97. The molecule has 1 aliphatic carbocycles. The summed E-state index contributed by atoms with van der Waals surface area (Å²) in [6.45, 7) is 6.65. The fourth-order valence-electron chi connectivity index (χ4n) is 3.74. The summed E-state index contributed by atoms with van der Waals surface area (Å²) < 4.78 is 6.32. The van der Waals surface area contributed by atoms with Crippen LogP contribution in [0.1, 0.15) is 71.6 Å². The Labute approximate surface area is 113 Å². The maximum atomic E-state index is 6.32. The van der Waals surface area contributed by atoms with Gasteiger partial charge in [-0.25, -0.2) is 0 Å². The second-order valence-electron chi connectivity index (χ2n) is 6.45. The van der Waals surface area contributed by atoms with Gasteiger partial charge in [0.25, 0.3) is 0 Å². The molecule has 0 aromatic heterocycles. The summed E-state index contributed by atoms with van der Waals surface area (Å²) in [5.74, 6) is 0.895. The second kappa shape index (κ2) is 6.91. The normalized spacial score (nSPS) is 37.7. The van der Waals surface area contributed by atoms with Gasteiger partial charge in [0.05, 0.1) is 12.2 Å². The molecule has 3 unspecified atom stereocenters. The number of hydrogen-bond donors (Lipinski definition) is 1. The van der Waals surface area contributed by atoms with E-state index >= 15 is 0 Å². The van der Waals surface area contributed by atoms with Crippen LogP contribution in [0.25, 0.3) is 0 Å². The number of rotatable bonds is 4. The molecule has 2 rings (SSSR count). The molecule has 1 saturated carbocycles. The molecule has 1 N–H and O–H groups in total. The van der Waals surface area contributed by atoms with Crippen LogP contribution in [0, 0.1) is 5.92 Å². The maximum Gasteiger partial charge on any atom is 0.0835 e. The first kappa shape index (κ1) is 14.3. The molecule has 0 amide bonds. The van der Waals surface area contributed by atoms with Crippen molar-refractivity contribution in [3.8, 4) is 0 Å². The monoisotopic (exact) mass is 253 g/mol. The average molecular weight is 253 g/mol. The van der Waals surface area contributed by atoms with E-state index in [1.54, 1.807) is 0 Å². The van der Waals surface area contributed by atoms with Crippen LogP contribution in [0.4, 0.5) is 0 Å². The Balaban J connectivity index is 1.96. The average Bonchev–Trinajstić information content (AvgIpc) is 2.56. The SMILES string of the molecule is CCCCCC1NCCOC12CCCC(C)CC2. The molecule has 0 aromatic rings. The van der Waals surface area contributed by atoms with E-state index in [1.807, 2.05) is 0 Å². The molecule has 106 valence electrons. The van der Waals surface area contributed by atoms with E-state index in [-0.39, 0.29) is 5.60 Å². The molecule has 1 saturated heterocycles. The highest BCUT2D eigenvalue weighted by Gasteiger charge is 2.42. The van der Waals surface area contributed by atoms with Crippen LogP contribution in [-0.2, 0) is 4.74 Å². The van der Waals surface area contributed by atoms with Gasteiger partial charge in [0.15, 0.2) is 0 Å². The Morgan fingerprint density at radius 3 is 2.94 bits per heavy atom. The van der Waals surface area contributed by atoms with Gasteiger partial charge >= 0.3 is 0 Å². The second-order valence-corrected chi connectivity index (χ2v) is 6.45. The van der Waals surface area contributed by atoms with E-state index in [1.165, 1.54) is 57.8 Å². The zero-order valence-corrected chi connectivity index (χ0v) is 12.3. The van der Waals surface area contributed by atoms with Crippen LogP contribution in [0.5, 0.6) is 0 Å². The third-order valence-electron chi connectivity index (χ3n) is 4.97. The lowest BCUT2D eigenvalue weighted by molar-refractivity contribution is -0.108. The quantitative estimate of drug-likeness (QED) is 0.767. The Hall–Kier alpha value is -0.0800. The largest absolute Gasteiger partial charge is 0.372 e. The highest BCUT2D eigenvalue weighted by Crippen LogP contribution is 2.38. The molecule has 2 aliphatic rings. The summed E-state index contributed by atoms with van der Waals surface area (Å²) >= 11 is 0. The lowest BCUT2D eigenvalue weighted by atomic mass is 9.82. The smallest absolute Gasteiger partial charge is 0.0835 e. The number of hydrogen-bond acceptors (Lipinski definition) is 2. The highest BCUT2D eigenvalue weighted by atomic mass is 16.5. The number of nitrogens with one attached hydrogen (secondary N) is 1. The van der Waals surface area contributed by atoms with Gasteiger partial charge in [-0.2, -0.15) is 0 Å². The van der Waals surface area contributed by atoms with Crippen molar-refractivity contribution < 1.29 is 4.74 Å². The zero-order valence-electron chi connectivity index (χ0n) is 12.3. The summed E-state index contributed by atoms with van der Waals surface area (Å²) in [6.07, 6.45) is 12.0. The lowest BCUT2D eigenvalue weighted by Gasteiger charge is -2.44. The topological polar surface area (TPSA) is 21.3 Å². The molecule has 18 heavy (non-hydrogen) atoms. The van der Waals surface area contributed by atoms with Gasteiger partial charge in [-0.05, 0) is 31.6 Å². The summed E-state index contributed by atoms with van der Waals surface area (Å²) in [7, 11) is 0. The van der Waals surface area contributed by atoms with Crippen LogP contribution in [-0.4, -0.2) is 24.8 Å². The van der Waals surface area contributed by atoms with E-state index in [9.17, 15) is 0 Å². The van der Waals surface area contributed by atoms with Gasteiger partial charge in [-0.15, -0.1) is 0 Å². The predicted octanol–water partition coefficient (Wildman–Crippen LogP) is 3.89. The third-order valence-corrected chi connectivity index (χ3v) is 4.97. The van der Waals surface area contributed by atoms with E-state index < -0.39 is 0 Å². The third kappa shape index (κ3) is 3.48. The minimum absolute atomic E-state index is 0.177. The molecule has 0 bridgehead atoms. The van der Waals surface area contributed by atoms with E-state index in [0.717, 1.165) is 19.1 Å². The molecule has 1 aliphatic heterocycles. The Morgan fingerprint density at radius 2 is 2.11 bits per heavy atom. The summed E-state index contributed by atoms with van der Waals surface area (Å²) in [5, 5.41) is 3.76. The van der Waals surface area contributed by atoms with Crippen LogP contribution in [0.15, 0.2) is 0 Å². The van der Waals surface area contributed by atoms with Gasteiger partial charge in [0, 0.05) is 12.6 Å². The van der Waals surface area contributed by atoms with Gasteiger partial charge in [0.2, 0.25) is 0 Å². The fourth-order valence-corrected chi connectivity index (χ4v) is 3.74. The lowest BCUT2D eigenvalue weighted by Crippen LogP contribution is -2.57. The van der Waals surface area contributed by atoms with Gasteiger partial charge < -0.3 is 10.1 Å². The van der Waals surface area contributed by atoms with E-state index in [4.69, 9.17) is 4.74 Å². The van der Waals surface area contributed by atoms with Gasteiger partial charge in [-0.3, -0.25) is 0 Å². The van der Waals surface area contributed by atoms with Crippen molar-refractivity contribution >= 4 is 0 Å². The Morgan fingerprint density at radius 1 is 1.22 bits per heavy atom. The molecule has 2 fully saturated rings. The first-order valence-corrected chi connectivity index (χ1v) is 8.14. The van der Waals surface area contributed by atoms with E-state index in [0.29, 0.717) is 6.04 Å². The number of unbranched alkanes of at least 4 members (excludes halogenated alkanes) is 2. The van der Waals surface area contributed by atoms with E-state index in [2.05, 4.69) is 19.2 Å². The summed E-state index contributed by atoms with van der Waals surface area (Å²) in [5.41, 5.74) is 0.177. The molecule has 0 radical (unpaired) electrons.